The normalized spacial score (nSPS) is 18.4. The van der Waals surface area contributed by atoms with Crippen molar-refractivity contribution in [3.8, 4) is 0 Å². The van der Waals surface area contributed by atoms with Gasteiger partial charge in [-0.05, 0) is 36.5 Å². The van der Waals surface area contributed by atoms with Gasteiger partial charge in [-0.3, -0.25) is 0 Å². The molecule has 1 aliphatic heterocycles. The Hall–Kier alpha value is -2.14. The molecule has 1 aliphatic rings. The maximum absolute atomic E-state index is 9.50. The van der Waals surface area contributed by atoms with Crippen LogP contribution in [0.4, 0.5) is 11.8 Å². The smallest absolute Gasteiger partial charge is 0.224 e. The molecule has 5 nitrogen and oxygen atoms in total. The van der Waals surface area contributed by atoms with Crippen LogP contribution in [0.15, 0.2) is 36.5 Å². The van der Waals surface area contributed by atoms with Crippen molar-refractivity contribution in [3.05, 3.63) is 47.7 Å². The van der Waals surface area contributed by atoms with E-state index in [-0.39, 0.29) is 12.6 Å². The van der Waals surface area contributed by atoms with Crippen LogP contribution in [0.25, 0.3) is 0 Å². The molecule has 2 aromatic rings. The molecule has 128 valence electrons. The van der Waals surface area contributed by atoms with Crippen LogP contribution in [0.1, 0.15) is 31.9 Å². The van der Waals surface area contributed by atoms with Crippen molar-refractivity contribution in [2.45, 2.75) is 45.8 Å². The highest BCUT2D eigenvalue weighted by atomic mass is 16.3. The second-order valence-electron chi connectivity index (χ2n) is 6.87. The minimum absolute atomic E-state index is 0.0419. The highest BCUT2D eigenvalue weighted by Gasteiger charge is 2.24. The van der Waals surface area contributed by atoms with Crippen LogP contribution in [-0.2, 0) is 13.0 Å². The molecule has 0 aliphatic carbocycles. The van der Waals surface area contributed by atoms with Crippen LogP contribution in [0.3, 0.4) is 0 Å². The monoisotopic (exact) mass is 326 g/mol. The fourth-order valence-corrected chi connectivity index (χ4v) is 3.15. The number of fused-ring (bicyclic) bond motifs is 1. The molecule has 2 atom stereocenters. The first-order valence-corrected chi connectivity index (χ1v) is 8.62. The number of rotatable bonds is 5. The number of hydrogen-bond donors (Lipinski definition) is 2. The molecular weight excluding hydrogens is 300 g/mol. The van der Waals surface area contributed by atoms with Gasteiger partial charge < -0.3 is 15.3 Å². The molecule has 0 bridgehead atoms. The van der Waals surface area contributed by atoms with E-state index in [4.69, 9.17) is 0 Å². The molecule has 5 heteroatoms. The van der Waals surface area contributed by atoms with Gasteiger partial charge in [-0.25, -0.2) is 4.98 Å². The van der Waals surface area contributed by atoms with Gasteiger partial charge in [-0.1, -0.05) is 38.1 Å². The Labute approximate surface area is 143 Å². The summed E-state index contributed by atoms with van der Waals surface area (Å²) in [5.41, 5.74) is 2.79. The summed E-state index contributed by atoms with van der Waals surface area (Å²) in [7, 11) is 0. The summed E-state index contributed by atoms with van der Waals surface area (Å²) in [6, 6.07) is 10.9. The molecule has 1 aromatic heterocycles. The molecular formula is C19H26N4O. The van der Waals surface area contributed by atoms with Crippen LogP contribution in [0.2, 0.25) is 0 Å². The molecule has 24 heavy (non-hydrogen) atoms. The van der Waals surface area contributed by atoms with E-state index >= 15 is 0 Å². The van der Waals surface area contributed by atoms with Crippen LogP contribution in [0, 0.1) is 5.92 Å². The third-order valence-corrected chi connectivity index (χ3v) is 4.76. The first-order valence-electron chi connectivity index (χ1n) is 8.62. The van der Waals surface area contributed by atoms with Crippen molar-refractivity contribution < 1.29 is 5.11 Å². The molecule has 1 aromatic carbocycles. The average Bonchev–Trinajstić information content (AvgIpc) is 2.59. The maximum atomic E-state index is 9.50. The summed E-state index contributed by atoms with van der Waals surface area (Å²) in [4.78, 5) is 11.3. The Bertz CT molecular complexity index is 689. The highest BCUT2D eigenvalue weighted by molar-refractivity contribution is 5.48. The molecule has 0 saturated heterocycles. The van der Waals surface area contributed by atoms with Gasteiger partial charge in [-0.2, -0.15) is 4.98 Å². The summed E-state index contributed by atoms with van der Waals surface area (Å²) < 4.78 is 0. The van der Waals surface area contributed by atoms with Crippen molar-refractivity contribution in [2.24, 2.45) is 5.92 Å². The fraction of sp³-hybridized carbons (Fsp3) is 0.474. The third kappa shape index (κ3) is 3.51. The fourth-order valence-electron chi connectivity index (χ4n) is 3.15. The van der Waals surface area contributed by atoms with Gasteiger partial charge in [0.05, 0.1) is 12.6 Å². The Morgan fingerprint density at radius 3 is 2.71 bits per heavy atom. The van der Waals surface area contributed by atoms with Gasteiger partial charge in [-0.15, -0.1) is 0 Å². The van der Waals surface area contributed by atoms with Crippen LogP contribution in [-0.4, -0.2) is 33.8 Å². The summed E-state index contributed by atoms with van der Waals surface area (Å²) in [5, 5.41) is 12.7. The predicted molar refractivity (Wildman–Crippen MR) is 97.2 cm³/mol. The van der Waals surface area contributed by atoms with E-state index in [1.165, 1.54) is 11.1 Å². The lowest BCUT2D eigenvalue weighted by atomic mass is 9.95. The van der Waals surface area contributed by atoms with Gasteiger partial charge in [0, 0.05) is 18.8 Å². The second-order valence-corrected chi connectivity index (χ2v) is 6.87. The lowest BCUT2D eigenvalue weighted by molar-refractivity contribution is 0.248. The van der Waals surface area contributed by atoms with E-state index in [1.54, 1.807) is 6.20 Å². The summed E-state index contributed by atoms with van der Waals surface area (Å²) in [5.74, 6) is 1.81. The van der Waals surface area contributed by atoms with Gasteiger partial charge in [0.15, 0.2) is 0 Å². The van der Waals surface area contributed by atoms with E-state index in [2.05, 4.69) is 65.2 Å². The maximum Gasteiger partial charge on any atom is 0.224 e. The van der Waals surface area contributed by atoms with Gasteiger partial charge >= 0.3 is 0 Å². The molecule has 0 fully saturated rings. The molecule has 2 N–H and O–H groups in total. The van der Waals surface area contributed by atoms with Gasteiger partial charge in [0.25, 0.3) is 0 Å². The molecule has 0 radical (unpaired) electrons. The van der Waals surface area contributed by atoms with Crippen molar-refractivity contribution in [2.75, 3.05) is 16.8 Å². The van der Waals surface area contributed by atoms with Crippen LogP contribution >= 0.6 is 0 Å². The number of aliphatic hydroxyl groups is 1. The lowest BCUT2D eigenvalue weighted by Gasteiger charge is -2.36. The zero-order chi connectivity index (χ0) is 17.1. The van der Waals surface area contributed by atoms with Crippen molar-refractivity contribution in [3.63, 3.8) is 0 Å². The number of benzene rings is 1. The second kappa shape index (κ2) is 7.18. The predicted octanol–water partition coefficient (Wildman–Crippen LogP) is 2.86. The number of aromatic nitrogens is 2. The van der Waals surface area contributed by atoms with Gasteiger partial charge in [0.2, 0.25) is 5.95 Å². The molecule has 0 saturated carbocycles. The molecule has 0 spiro atoms. The first-order chi connectivity index (χ1) is 11.6. The largest absolute Gasteiger partial charge is 0.394 e. The Balaban J connectivity index is 1.81. The lowest BCUT2D eigenvalue weighted by Crippen LogP contribution is -2.39. The Morgan fingerprint density at radius 2 is 2.00 bits per heavy atom. The molecule has 3 rings (SSSR count). The van der Waals surface area contributed by atoms with E-state index in [0.29, 0.717) is 17.9 Å². The Morgan fingerprint density at radius 1 is 1.25 bits per heavy atom. The molecule has 0 amide bonds. The zero-order valence-electron chi connectivity index (χ0n) is 14.6. The van der Waals surface area contributed by atoms with E-state index in [1.807, 2.05) is 6.07 Å². The number of hydrogen-bond acceptors (Lipinski definition) is 5. The van der Waals surface area contributed by atoms with E-state index in [9.17, 15) is 5.11 Å². The minimum Gasteiger partial charge on any atom is -0.394 e. The zero-order valence-corrected chi connectivity index (χ0v) is 14.6. The topological polar surface area (TPSA) is 61.3 Å². The van der Waals surface area contributed by atoms with Crippen molar-refractivity contribution >= 4 is 11.8 Å². The number of nitrogens with zero attached hydrogens (tertiary/aromatic N) is 3. The van der Waals surface area contributed by atoms with E-state index < -0.39 is 0 Å². The number of nitrogens with one attached hydrogen (secondary N) is 1. The first kappa shape index (κ1) is 16.7. The van der Waals surface area contributed by atoms with Crippen LogP contribution < -0.4 is 10.2 Å². The summed E-state index contributed by atoms with van der Waals surface area (Å²) in [6.07, 6.45) is 2.81. The molecule has 0 unspecified atom stereocenters. The summed E-state index contributed by atoms with van der Waals surface area (Å²) in [6.45, 7) is 7.30. The SMILES string of the molecule is CC(C)[C@H](CO)Nc1nccc(N2Cc3ccccc3C[C@@H]2C)n1. The highest BCUT2D eigenvalue weighted by Crippen LogP contribution is 2.27. The average molecular weight is 326 g/mol. The van der Waals surface area contributed by atoms with Crippen molar-refractivity contribution in [1.82, 2.24) is 9.97 Å². The summed E-state index contributed by atoms with van der Waals surface area (Å²) >= 11 is 0. The Kier molecular flexibility index (Phi) is 5.00. The minimum atomic E-state index is -0.0419. The van der Waals surface area contributed by atoms with Gasteiger partial charge in [0.1, 0.15) is 5.82 Å². The quantitative estimate of drug-likeness (QED) is 0.885. The third-order valence-electron chi connectivity index (χ3n) is 4.76. The number of anilines is 2. The molecule has 2 heterocycles. The van der Waals surface area contributed by atoms with Crippen molar-refractivity contribution in [1.29, 1.82) is 0 Å². The standard InChI is InChI=1S/C19H26N4O/c1-13(2)17(12-24)21-19-20-9-8-18(22-19)23-11-16-7-5-4-6-15(16)10-14(23)3/h4-9,13-14,17,24H,10-12H2,1-3H3,(H,20,21,22)/t14-,17-/m0/s1. The number of aliphatic hydroxyl groups excluding tert-OH is 1. The van der Waals surface area contributed by atoms with E-state index in [0.717, 1.165) is 18.8 Å². The van der Waals surface area contributed by atoms with Crippen LogP contribution in [0.5, 0.6) is 0 Å².